The van der Waals surface area contributed by atoms with Gasteiger partial charge in [-0.25, -0.2) is 0 Å². The number of anilines is 1. The first-order valence-corrected chi connectivity index (χ1v) is 6.10. The fraction of sp³-hybridized carbons (Fsp3) is 0.308. The van der Waals surface area contributed by atoms with Gasteiger partial charge in [0.15, 0.2) is 5.82 Å². The molecule has 0 aliphatic heterocycles. The lowest BCUT2D eigenvalue weighted by Crippen LogP contribution is -2.34. The highest BCUT2D eigenvalue weighted by molar-refractivity contribution is 5.91. The van der Waals surface area contributed by atoms with E-state index in [-0.39, 0.29) is 12.5 Å². The van der Waals surface area contributed by atoms with Crippen LogP contribution >= 0.6 is 0 Å². The Morgan fingerprint density at radius 1 is 1.37 bits per heavy atom. The molecule has 1 aliphatic rings. The van der Waals surface area contributed by atoms with E-state index in [0.29, 0.717) is 11.5 Å². The number of carbonyl (C=O) groups is 1. The van der Waals surface area contributed by atoms with Crippen molar-refractivity contribution < 1.29 is 9.32 Å². The zero-order chi connectivity index (χ0) is 13.3. The summed E-state index contributed by atoms with van der Waals surface area (Å²) in [5.41, 5.74) is 6.96. The molecule has 0 radical (unpaired) electrons. The second kappa shape index (κ2) is 4.38. The molecule has 1 saturated carbocycles. The normalized spacial score (nSPS) is 16.0. The molecule has 1 aromatic heterocycles. The Labute approximate surface area is 110 Å². The molecule has 19 heavy (non-hydrogen) atoms. The molecule has 0 saturated heterocycles. The third-order valence-corrected chi connectivity index (χ3v) is 3.46. The van der Waals surface area contributed by atoms with Crippen LogP contribution in [0.15, 0.2) is 35.2 Å². The van der Waals surface area contributed by atoms with Gasteiger partial charge in [0.1, 0.15) is 0 Å². The van der Waals surface area contributed by atoms with Gasteiger partial charge >= 0.3 is 0 Å². The first-order chi connectivity index (χ1) is 9.21. The van der Waals surface area contributed by atoms with Crippen molar-refractivity contribution in [2.75, 3.05) is 5.73 Å². The van der Waals surface area contributed by atoms with Gasteiger partial charge < -0.3 is 15.6 Å². The number of rotatable bonds is 4. The van der Waals surface area contributed by atoms with E-state index in [2.05, 4.69) is 20.0 Å². The predicted octanol–water partition coefficient (Wildman–Crippen LogP) is 1.000. The predicted molar refractivity (Wildman–Crippen MR) is 67.9 cm³/mol. The highest BCUT2D eigenvalue weighted by atomic mass is 16.5. The van der Waals surface area contributed by atoms with Gasteiger partial charge in [0.2, 0.25) is 12.3 Å². The average molecular weight is 258 g/mol. The molecule has 0 bridgehead atoms. The van der Waals surface area contributed by atoms with Gasteiger partial charge in [-0.15, -0.1) is 0 Å². The molecule has 1 heterocycles. The van der Waals surface area contributed by atoms with Gasteiger partial charge in [-0.2, -0.15) is 4.98 Å². The Bertz CT molecular complexity index is 573. The SMILES string of the molecule is Nc1ccc(C2(C(=O)NCc3ncon3)CC2)cc1. The largest absolute Gasteiger partial charge is 0.399 e. The number of nitrogen functional groups attached to an aromatic ring is 1. The third kappa shape index (κ3) is 2.16. The average Bonchev–Trinajstić information content (AvgIpc) is 3.07. The second-order valence-corrected chi connectivity index (χ2v) is 4.73. The summed E-state index contributed by atoms with van der Waals surface area (Å²) in [6.45, 7) is 0.284. The van der Waals surface area contributed by atoms with Crippen molar-refractivity contribution in [1.29, 1.82) is 0 Å². The molecule has 0 atom stereocenters. The number of nitrogens with zero attached hydrogens (tertiary/aromatic N) is 2. The summed E-state index contributed by atoms with van der Waals surface area (Å²) in [6.07, 6.45) is 2.96. The monoisotopic (exact) mass is 258 g/mol. The first-order valence-electron chi connectivity index (χ1n) is 6.10. The standard InChI is InChI=1S/C13H14N4O2/c14-10-3-1-9(2-4-10)13(5-6-13)12(18)15-7-11-16-8-19-17-11/h1-4,8H,5-7,14H2,(H,15,18). The first kappa shape index (κ1) is 11.7. The summed E-state index contributed by atoms with van der Waals surface area (Å²) in [7, 11) is 0. The van der Waals surface area contributed by atoms with Crippen LogP contribution in [-0.4, -0.2) is 16.0 Å². The summed E-state index contributed by atoms with van der Waals surface area (Å²) in [5, 5.41) is 6.50. The highest BCUT2D eigenvalue weighted by Crippen LogP contribution is 2.48. The third-order valence-electron chi connectivity index (χ3n) is 3.46. The number of nitrogens with one attached hydrogen (secondary N) is 1. The van der Waals surface area contributed by atoms with Crippen LogP contribution in [0.5, 0.6) is 0 Å². The molecule has 1 aliphatic carbocycles. The number of hydrogen-bond donors (Lipinski definition) is 2. The van der Waals surface area contributed by atoms with Crippen LogP contribution in [-0.2, 0) is 16.8 Å². The van der Waals surface area contributed by atoms with Crippen molar-refractivity contribution in [3.63, 3.8) is 0 Å². The van der Waals surface area contributed by atoms with Gasteiger partial charge in [-0.3, -0.25) is 4.79 Å². The fourth-order valence-electron chi connectivity index (χ4n) is 2.17. The van der Waals surface area contributed by atoms with Crippen LogP contribution < -0.4 is 11.1 Å². The summed E-state index contributed by atoms with van der Waals surface area (Å²) in [5.74, 6) is 0.475. The van der Waals surface area contributed by atoms with Crippen LogP contribution in [0.25, 0.3) is 0 Å². The van der Waals surface area contributed by atoms with Crippen LogP contribution in [0, 0.1) is 0 Å². The van der Waals surface area contributed by atoms with E-state index in [1.807, 2.05) is 24.3 Å². The van der Waals surface area contributed by atoms with E-state index >= 15 is 0 Å². The molecule has 2 aromatic rings. The smallest absolute Gasteiger partial charge is 0.231 e. The number of amides is 1. The quantitative estimate of drug-likeness (QED) is 0.798. The van der Waals surface area contributed by atoms with Gasteiger partial charge in [-0.1, -0.05) is 17.3 Å². The highest BCUT2D eigenvalue weighted by Gasteiger charge is 2.51. The number of aromatic nitrogens is 2. The molecule has 0 unspecified atom stereocenters. The van der Waals surface area contributed by atoms with E-state index in [9.17, 15) is 4.79 Å². The van der Waals surface area contributed by atoms with Crippen LogP contribution in [0.2, 0.25) is 0 Å². The lowest BCUT2D eigenvalue weighted by atomic mass is 9.95. The van der Waals surface area contributed by atoms with E-state index in [1.54, 1.807) is 0 Å². The Morgan fingerprint density at radius 3 is 2.68 bits per heavy atom. The number of carbonyl (C=O) groups excluding carboxylic acids is 1. The van der Waals surface area contributed by atoms with Crippen molar-refractivity contribution in [3.05, 3.63) is 42.0 Å². The Morgan fingerprint density at radius 2 is 2.11 bits per heavy atom. The number of benzene rings is 1. The zero-order valence-corrected chi connectivity index (χ0v) is 10.3. The van der Waals surface area contributed by atoms with E-state index < -0.39 is 5.41 Å². The molecular formula is C13H14N4O2. The van der Waals surface area contributed by atoms with Crippen molar-refractivity contribution in [1.82, 2.24) is 15.5 Å². The maximum Gasteiger partial charge on any atom is 0.231 e. The van der Waals surface area contributed by atoms with Crippen molar-refractivity contribution >= 4 is 11.6 Å². The van der Waals surface area contributed by atoms with Crippen molar-refractivity contribution in [2.45, 2.75) is 24.8 Å². The zero-order valence-electron chi connectivity index (χ0n) is 10.3. The van der Waals surface area contributed by atoms with E-state index in [1.165, 1.54) is 6.39 Å². The van der Waals surface area contributed by atoms with Gasteiger partial charge in [0, 0.05) is 5.69 Å². The summed E-state index contributed by atoms with van der Waals surface area (Å²) < 4.78 is 4.62. The van der Waals surface area contributed by atoms with E-state index in [4.69, 9.17) is 5.73 Å². The summed E-state index contributed by atoms with van der Waals surface area (Å²) >= 11 is 0. The minimum atomic E-state index is -0.405. The maximum absolute atomic E-state index is 12.3. The second-order valence-electron chi connectivity index (χ2n) is 4.73. The molecule has 0 spiro atoms. The maximum atomic E-state index is 12.3. The minimum absolute atomic E-state index is 0.00192. The molecule has 1 amide bonds. The lowest BCUT2D eigenvalue weighted by molar-refractivity contribution is -0.123. The minimum Gasteiger partial charge on any atom is -0.399 e. The van der Waals surface area contributed by atoms with Crippen molar-refractivity contribution in [2.24, 2.45) is 0 Å². The van der Waals surface area contributed by atoms with Crippen molar-refractivity contribution in [3.8, 4) is 0 Å². The van der Waals surface area contributed by atoms with Gasteiger partial charge in [0.05, 0.1) is 12.0 Å². The Kier molecular flexibility index (Phi) is 2.70. The lowest BCUT2D eigenvalue weighted by Gasteiger charge is -2.15. The summed E-state index contributed by atoms with van der Waals surface area (Å²) in [6, 6.07) is 7.47. The molecule has 3 rings (SSSR count). The van der Waals surface area contributed by atoms with Gasteiger partial charge in [-0.05, 0) is 30.5 Å². The molecule has 1 fully saturated rings. The van der Waals surface area contributed by atoms with Crippen LogP contribution in [0.3, 0.4) is 0 Å². The molecule has 3 N–H and O–H groups in total. The number of hydrogen-bond acceptors (Lipinski definition) is 5. The van der Waals surface area contributed by atoms with E-state index in [0.717, 1.165) is 18.4 Å². The Hall–Kier alpha value is -2.37. The van der Waals surface area contributed by atoms with Crippen LogP contribution in [0.1, 0.15) is 24.2 Å². The van der Waals surface area contributed by atoms with Crippen LogP contribution in [0.4, 0.5) is 5.69 Å². The Balaban J connectivity index is 1.70. The number of nitrogens with two attached hydrogens (primary N) is 1. The molecule has 6 heteroatoms. The molecule has 1 aromatic carbocycles. The molecule has 98 valence electrons. The molecular weight excluding hydrogens is 244 g/mol. The fourth-order valence-corrected chi connectivity index (χ4v) is 2.17. The van der Waals surface area contributed by atoms with Gasteiger partial charge in [0.25, 0.3) is 0 Å². The summed E-state index contributed by atoms with van der Waals surface area (Å²) in [4.78, 5) is 16.1. The molecule has 6 nitrogen and oxygen atoms in total. The topological polar surface area (TPSA) is 94.0 Å².